The molecule has 0 atom stereocenters. The number of hydrogen-bond donors (Lipinski definition) is 0. The average Bonchev–Trinajstić information content (AvgIpc) is 3.65. The topological polar surface area (TPSA) is 51.6 Å². The molecule has 246 valence electrons. The van der Waals surface area contributed by atoms with Gasteiger partial charge in [-0.05, 0) is 106 Å². The van der Waals surface area contributed by atoms with Crippen LogP contribution in [0.1, 0.15) is 39.2 Å². The minimum Gasteiger partial charge on any atom is -0.256 e. The van der Waals surface area contributed by atoms with Crippen molar-refractivity contribution in [2.75, 3.05) is 0 Å². The second-order valence-corrected chi connectivity index (χ2v) is 14.0. The van der Waals surface area contributed by atoms with Gasteiger partial charge in [0.1, 0.15) is 5.82 Å². The first-order chi connectivity index (χ1) is 25.5. The Bertz CT molecular complexity index is 2680. The maximum absolute atomic E-state index is 5.03. The van der Waals surface area contributed by atoms with Crippen LogP contribution in [0.4, 0.5) is 0 Å². The first-order valence-electron chi connectivity index (χ1n) is 17.8. The van der Waals surface area contributed by atoms with Gasteiger partial charge >= 0.3 is 0 Å². The lowest BCUT2D eigenvalue weighted by Crippen LogP contribution is -2.25. The first kappa shape index (κ1) is 30.3. The lowest BCUT2D eigenvalue weighted by molar-refractivity contribution is 0.794. The fourth-order valence-electron chi connectivity index (χ4n) is 8.51. The Morgan fingerprint density at radius 3 is 1.67 bits per heavy atom. The van der Waals surface area contributed by atoms with E-state index in [1.54, 1.807) is 0 Å². The third-order valence-corrected chi connectivity index (χ3v) is 11.0. The standard InChI is InChI=1S/C48H34N4/c1-29-25-45(49-28-30(29)2)39-18-8-7-15-35(39)33-22-24-43-40(26-33)38-23-21-34(47-51-31(3)50-46(52-47)32-13-5-4-6-14-32)27-44(38)48(43)41-19-11-9-16-36(41)37-17-10-12-20-42(37)48/h4-28H,1-3H3. The normalized spacial score (nSPS) is 13.1. The summed E-state index contributed by atoms with van der Waals surface area (Å²) in [5.74, 6) is 2.05. The molecule has 8 aromatic rings. The first-order valence-corrected chi connectivity index (χ1v) is 17.8. The Kier molecular flexibility index (Phi) is 6.71. The highest BCUT2D eigenvalue weighted by molar-refractivity contribution is 5.97. The predicted molar refractivity (Wildman–Crippen MR) is 210 cm³/mol. The zero-order valence-corrected chi connectivity index (χ0v) is 29.2. The number of pyridine rings is 1. The molecule has 2 heterocycles. The second-order valence-electron chi connectivity index (χ2n) is 14.0. The van der Waals surface area contributed by atoms with Gasteiger partial charge in [0.2, 0.25) is 0 Å². The van der Waals surface area contributed by atoms with E-state index in [1.165, 1.54) is 66.8 Å². The molecule has 0 saturated heterocycles. The van der Waals surface area contributed by atoms with Crippen molar-refractivity contribution < 1.29 is 0 Å². The molecule has 0 amide bonds. The molecule has 0 unspecified atom stereocenters. The number of hydrogen-bond acceptors (Lipinski definition) is 4. The molecule has 10 rings (SSSR count). The van der Waals surface area contributed by atoms with E-state index in [0.717, 1.165) is 22.4 Å². The highest BCUT2D eigenvalue weighted by Gasteiger charge is 2.51. The third-order valence-electron chi connectivity index (χ3n) is 11.0. The summed E-state index contributed by atoms with van der Waals surface area (Å²) >= 11 is 0. The molecule has 4 heteroatoms. The largest absolute Gasteiger partial charge is 0.256 e. The van der Waals surface area contributed by atoms with E-state index in [2.05, 4.69) is 129 Å². The minimum absolute atomic E-state index is 0.494. The number of nitrogens with zero attached hydrogens (tertiary/aromatic N) is 4. The van der Waals surface area contributed by atoms with E-state index in [-0.39, 0.29) is 0 Å². The van der Waals surface area contributed by atoms with Crippen molar-refractivity contribution >= 4 is 0 Å². The fourth-order valence-corrected chi connectivity index (χ4v) is 8.51. The van der Waals surface area contributed by atoms with Crippen molar-refractivity contribution in [3.8, 4) is 67.4 Å². The Labute approximate surface area is 303 Å². The third kappa shape index (κ3) is 4.40. The van der Waals surface area contributed by atoms with Gasteiger partial charge in [-0.15, -0.1) is 0 Å². The molecular formula is C48H34N4. The molecule has 0 aliphatic heterocycles. The van der Waals surface area contributed by atoms with Crippen molar-refractivity contribution in [3.05, 3.63) is 191 Å². The van der Waals surface area contributed by atoms with Crippen molar-refractivity contribution in [3.63, 3.8) is 0 Å². The van der Waals surface area contributed by atoms with E-state index >= 15 is 0 Å². The summed E-state index contributed by atoms with van der Waals surface area (Å²) in [6, 6.07) is 52.7. The van der Waals surface area contributed by atoms with Crippen LogP contribution >= 0.6 is 0 Å². The van der Waals surface area contributed by atoms with Crippen molar-refractivity contribution in [2.45, 2.75) is 26.2 Å². The fraction of sp³-hybridized carbons (Fsp3) is 0.0833. The van der Waals surface area contributed by atoms with Gasteiger partial charge in [-0.2, -0.15) is 0 Å². The Morgan fingerprint density at radius 2 is 0.962 bits per heavy atom. The smallest absolute Gasteiger partial charge is 0.163 e. The second kappa shape index (κ2) is 11.5. The summed E-state index contributed by atoms with van der Waals surface area (Å²) in [5, 5.41) is 0. The molecule has 2 aromatic heterocycles. The van der Waals surface area contributed by atoms with Crippen LogP contribution < -0.4 is 0 Å². The van der Waals surface area contributed by atoms with Crippen LogP contribution in [0.5, 0.6) is 0 Å². The molecule has 0 fully saturated rings. The van der Waals surface area contributed by atoms with Gasteiger partial charge in [-0.3, -0.25) is 4.98 Å². The zero-order chi connectivity index (χ0) is 35.0. The number of aromatic nitrogens is 4. The molecule has 0 radical (unpaired) electrons. The SMILES string of the molecule is Cc1nc(-c2ccccc2)nc(-c2ccc3c(c2)C2(c4ccccc4-c4ccccc42)c2ccc(-c4ccccc4-c4cc(C)c(C)cn4)cc2-3)n1. The quantitative estimate of drug-likeness (QED) is 0.188. The Balaban J connectivity index is 1.22. The van der Waals surface area contributed by atoms with E-state index in [9.17, 15) is 0 Å². The zero-order valence-electron chi connectivity index (χ0n) is 29.2. The number of aryl methyl sites for hydroxylation is 3. The van der Waals surface area contributed by atoms with Gasteiger partial charge in [-0.25, -0.2) is 15.0 Å². The van der Waals surface area contributed by atoms with Crippen LogP contribution in [0.3, 0.4) is 0 Å². The highest BCUT2D eigenvalue weighted by Crippen LogP contribution is 2.63. The van der Waals surface area contributed by atoms with E-state index in [0.29, 0.717) is 17.5 Å². The number of fused-ring (bicyclic) bond motifs is 10. The van der Waals surface area contributed by atoms with E-state index in [1.807, 2.05) is 43.5 Å². The summed E-state index contributed by atoms with van der Waals surface area (Å²) in [5.41, 5.74) is 18.5. The summed E-state index contributed by atoms with van der Waals surface area (Å²) in [6.45, 7) is 6.21. The number of benzene rings is 6. The van der Waals surface area contributed by atoms with Crippen LogP contribution in [0.15, 0.2) is 152 Å². The Hall–Kier alpha value is -6.52. The van der Waals surface area contributed by atoms with Crippen LogP contribution in [0.2, 0.25) is 0 Å². The molecule has 52 heavy (non-hydrogen) atoms. The van der Waals surface area contributed by atoms with Gasteiger partial charge in [-0.1, -0.05) is 127 Å². The van der Waals surface area contributed by atoms with E-state index in [4.69, 9.17) is 19.9 Å². The minimum atomic E-state index is -0.494. The van der Waals surface area contributed by atoms with Crippen molar-refractivity contribution in [2.24, 2.45) is 0 Å². The van der Waals surface area contributed by atoms with Gasteiger partial charge in [0.05, 0.1) is 11.1 Å². The molecule has 6 aromatic carbocycles. The summed E-state index contributed by atoms with van der Waals surface area (Å²) in [7, 11) is 0. The molecule has 4 nitrogen and oxygen atoms in total. The number of rotatable bonds is 4. The molecule has 0 saturated carbocycles. The molecule has 0 N–H and O–H groups in total. The van der Waals surface area contributed by atoms with Crippen molar-refractivity contribution in [1.82, 2.24) is 19.9 Å². The van der Waals surface area contributed by atoms with Crippen LogP contribution in [-0.4, -0.2) is 19.9 Å². The average molecular weight is 667 g/mol. The molecule has 1 spiro atoms. The predicted octanol–water partition coefficient (Wildman–Crippen LogP) is 11.2. The monoisotopic (exact) mass is 666 g/mol. The van der Waals surface area contributed by atoms with Gasteiger partial charge in [0.15, 0.2) is 11.6 Å². The Morgan fingerprint density at radius 1 is 0.385 bits per heavy atom. The molecule has 2 aliphatic carbocycles. The molecular weight excluding hydrogens is 633 g/mol. The van der Waals surface area contributed by atoms with Crippen LogP contribution in [0, 0.1) is 20.8 Å². The maximum atomic E-state index is 5.03. The van der Waals surface area contributed by atoms with Gasteiger partial charge < -0.3 is 0 Å². The van der Waals surface area contributed by atoms with Crippen molar-refractivity contribution in [1.29, 1.82) is 0 Å². The van der Waals surface area contributed by atoms with E-state index < -0.39 is 5.41 Å². The molecule has 2 aliphatic rings. The van der Waals surface area contributed by atoms with Gasteiger partial charge in [0.25, 0.3) is 0 Å². The lowest BCUT2D eigenvalue weighted by atomic mass is 9.70. The lowest BCUT2D eigenvalue weighted by Gasteiger charge is -2.30. The highest BCUT2D eigenvalue weighted by atomic mass is 15.0. The maximum Gasteiger partial charge on any atom is 0.163 e. The van der Waals surface area contributed by atoms with Gasteiger partial charge in [0, 0.05) is 22.9 Å². The van der Waals surface area contributed by atoms with Crippen LogP contribution in [0.25, 0.3) is 67.4 Å². The summed E-state index contributed by atoms with van der Waals surface area (Å²) in [6.07, 6.45) is 1.98. The van der Waals surface area contributed by atoms with Crippen LogP contribution in [-0.2, 0) is 5.41 Å². The summed E-state index contributed by atoms with van der Waals surface area (Å²) < 4.78 is 0. The molecule has 0 bridgehead atoms. The summed E-state index contributed by atoms with van der Waals surface area (Å²) in [4.78, 5) is 19.5.